The molecule has 0 saturated heterocycles. The zero-order valence-electron chi connectivity index (χ0n) is 13.1. The van der Waals surface area contributed by atoms with Gasteiger partial charge in [0.05, 0.1) is 0 Å². The van der Waals surface area contributed by atoms with Crippen LogP contribution < -0.4 is 0 Å². The molecule has 0 atom stereocenters. The van der Waals surface area contributed by atoms with Crippen LogP contribution in [0.5, 0.6) is 0 Å². The van der Waals surface area contributed by atoms with Crippen LogP contribution in [0, 0.1) is 0 Å². The van der Waals surface area contributed by atoms with Gasteiger partial charge in [0.15, 0.2) is 0 Å². The van der Waals surface area contributed by atoms with E-state index in [-0.39, 0.29) is 0 Å². The molecule has 0 heteroatoms. The first-order valence-electron chi connectivity index (χ1n) is 7.54. The van der Waals surface area contributed by atoms with E-state index in [1.165, 1.54) is 50.5 Å². The molecule has 0 rings (SSSR count). The SMILES string of the molecule is CC.CCCC/C=C(\C=C(C)C)CCCCC. The van der Waals surface area contributed by atoms with E-state index in [1.54, 1.807) is 5.57 Å². The van der Waals surface area contributed by atoms with Crippen LogP contribution in [0.15, 0.2) is 23.3 Å². The van der Waals surface area contributed by atoms with E-state index in [0.29, 0.717) is 0 Å². The number of hydrogen-bond donors (Lipinski definition) is 0. The van der Waals surface area contributed by atoms with Crippen molar-refractivity contribution in [3.8, 4) is 0 Å². The Morgan fingerprint density at radius 3 is 1.94 bits per heavy atom. The van der Waals surface area contributed by atoms with Gasteiger partial charge in [0.25, 0.3) is 0 Å². The van der Waals surface area contributed by atoms with Crippen molar-refractivity contribution in [1.82, 2.24) is 0 Å². The molecule has 0 amide bonds. The Labute approximate surface area is 110 Å². The molecule has 102 valence electrons. The van der Waals surface area contributed by atoms with Crippen LogP contribution in [0.4, 0.5) is 0 Å². The Morgan fingerprint density at radius 2 is 1.47 bits per heavy atom. The molecule has 0 fully saturated rings. The van der Waals surface area contributed by atoms with Crippen LogP contribution in [-0.2, 0) is 0 Å². The van der Waals surface area contributed by atoms with Crippen molar-refractivity contribution in [3.05, 3.63) is 23.3 Å². The van der Waals surface area contributed by atoms with Gasteiger partial charge in [-0.1, -0.05) is 76.7 Å². The Balaban J connectivity index is 0. The molecule has 0 spiro atoms. The molecule has 0 aromatic carbocycles. The maximum absolute atomic E-state index is 2.44. The van der Waals surface area contributed by atoms with Crippen LogP contribution in [-0.4, -0.2) is 0 Å². The van der Waals surface area contributed by atoms with Gasteiger partial charge in [-0.05, 0) is 33.1 Å². The third-order valence-electron chi connectivity index (χ3n) is 2.51. The molecule has 17 heavy (non-hydrogen) atoms. The van der Waals surface area contributed by atoms with Crippen molar-refractivity contribution in [3.63, 3.8) is 0 Å². The van der Waals surface area contributed by atoms with Crippen molar-refractivity contribution in [1.29, 1.82) is 0 Å². The smallest absolute Gasteiger partial charge is 0.0282 e. The van der Waals surface area contributed by atoms with E-state index < -0.39 is 0 Å². The Hall–Kier alpha value is -0.520. The lowest BCUT2D eigenvalue weighted by Gasteiger charge is -2.03. The van der Waals surface area contributed by atoms with E-state index >= 15 is 0 Å². The summed E-state index contributed by atoms with van der Waals surface area (Å²) in [5, 5.41) is 0. The third-order valence-corrected chi connectivity index (χ3v) is 2.51. The van der Waals surface area contributed by atoms with Gasteiger partial charge in [-0.3, -0.25) is 0 Å². The predicted molar refractivity (Wildman–Crippen MR) is 82.5 cm³/mol. The summed E-state index contributed by atoms with van der Waals surface area (Å²) in [4.78, 5) is 0. The van der Waals surface area contributed by atoms with Gasteiger partial charge in [0, 0.05) is 0 Å². The summed E-state index contributed by atoms with van der Waals surface area (Å²) in [5.41, 5.74) is 2.98. The van der Waals surface area contributed by atoms with Crippen LogP contribution >= 0.6 is 0 Å². The second-order valence-electron chi connectivity index (χ2n) is 4.60. The normalized spacial score (nSPS) is 10.6. The molecular weight excluding hydrogens is 204 g/mol. The van der Waals surface area contributed by atoms with Crippen molar-refractivity contribution in [2.45, 2.75) is 86.5 Å². The van der Waals surface area contributed by atoms with Gasteiger partial charge in [-0.25, -0.2) is 0 Å². The average molecular weight is 238 g/mol. The predicted octanol–water partition coefficient (Wildman–Crippen LogP) is 6.68. The van der Waals surface area contributed by atoms with Gasteiger partial charge >= 0.3 is 0 Å². The summed E-state index contributed by atoms with van der Waals surface area (Å²) in [6.07, 6.45) is 14.0. The van der Waals surface area contributed by atoms with E-state index in [0.717, 1.165) is 0 Å². The minimum atomic E-state index is 1.25. The molecule has 0 radical (unpaired) electrons. The molecule has 0 nitrogen and oxygen atoms in total. The molecule has 0 saturated carbocycles. The first kappa shape index (κ1) is 18.8. The maximum Gasteiger partial charge on any atom is -0.0282 e. The summed E-state index contributed by atoms with van der Waals surface area (Å²) in [7, 11) is 0. The summed E-state index contributed by atoms with van der Waals surface area (Å²) in [6, 6.07) is 0. The highest BCUT2D eigenvalue weighted by molar-refractivity contribution is 5.21. The fraction of sp³-hybridized carbons (Fsp3) is 0.765. The highest BCUT2D eigenvalue weighted by atomic mass is 14.0. The summed E-state index contributed by atoms with van der Waals surface area (Å²) < 4.78 is 0. The minimum Gasteiger partial charge on any atom is -0.0813 e. The van der Waals surface area contributed by atoms with Crippen LogP contribution in [0.3, 0.4) is 0 Å². The lowest BCUT2D eigenvalue weighted by atomic mass is 10.0. The van der Waals surface area contributed by atoms with E-state index in [4.69, 9.17) is 0 Å². The fourth-order valence-electron chi connectivity index (χ4n) is 1.67. The average Bonchev–Trinajstić information content (AvgIpc) is 2.31. The molecular formula is C17H34. The van der Waals surface area contributed by atoms with Crippen molar-refractivity contribution in [2.75, 3.05) is 0 Å². The maximum atomic E-state index is 2.44. The van der Waals surface area contributed by atoms with Gasteiger partial charge in [-0.15, -0.1) is 0 Å². The van der Waals surface area contributed by atoms with Crippen molar-refractivity contribution >= 4 is 0 Å². The number of rotatable bonds is 8. The van der Waals surface area contributed by atoms with E-state index in [2.05, 4.69) is 39.8 Å². The molecule has 0 bridgehead atoms. The van der Waals surface area contributed by atoms with E-state index in [1.807, 2.05) is 13.8 Å². The lowest BCUT2D eigenvalue weighted by Crippen LogP contribution is -1.83. The molecule has 0 aliphatic heterocycles. The Morgan fingerprint density at radius 1 is 0.882 bits per heavy atom. The quantitative estimate of drug-likeness (QED) is 0.327. The second kappa shape index (κ2) is 15.5. The monoisotopic (exact) mass is 238 g/mol. The first-order valence-corrected chi connectivity index (χ1v) is 7.54. The largest absolute Gasteiger partial charge is 0.0813 e. The lowest BCUT2D eigenvalue weighted by molar-refractivity contribution is 0.714. The van der Waals surface area contributed by atoms with Crippen LogP contribution in [0.2, 0.25) is 0 Å². The topological polar surface area (TPSA) is 0 Å². The Bertz CT molecular complexity index is 192. The number of allylic oxidation sites excluding steroid dienone is 4. The summed E-state index contributed by atoms with van der Waals surface area (Å²) >= 11 is 0. The van der Waals surface area contributed by atoms with Gasteiger partial charge in [0.1, 0.15) is 0 Å². The Kier molecular flexibility index (Phi) is 17.2. The number of unbranched alkanes of at least 4 members (excludes halogenated alkanes) is 4. The molecule has 0 N–H and O–H groups in total. The molecule has 0 unspecified atom stereocenters. The third kappa shape index (κ3) is 15.5. The van der Waals surface area contributed by atoms with E-state index in [9.17, 15) is 0 Å². The minimum absolute atomic E-state index is 1.25. The first-order chi connectivity index (χ1) is 8.20. The molecule has 0 aromatic rings. The van der Waals surface area contributed by atoms with Crippen molar-refractivity contribution in [2.24, 2.45) is 0 Å². The zero-order valence-corrected chi connectivity index (χ0v) is 13.1. The van der Waals surface area contributed by atoms with Gasteiger partial charge in [-0.2, -0.15) is 0 Å². The zero-order chi connectivity index (χ0) is 13.5. The second-order valence-corrected chi connectivity index (χ2v) is 4.60. The highest BCUT2D eigenvalue weighted by Gasteiger charge is 1.94. The van der Waals surface area contributed by atoms with Gasteiger partial charge in [0.2, 0.25) is 0 Å². The summed E-state index contributed by atoms with van der Waals surface area (Å²) in [6.45, 7) is 12.9. The highest BCUT2D eigenvalue weighted by Crippen LogP contribution is 2.14. The standard InChI is InChI=1S/C15H28.C2H6/c1-5-7-9-11-15(13-14(3)4)12-10-8-6-2;1-2/h11,13H,5-10,12H2,1-4H3;1-2H3/b15-11-;. The van der Waals surface area contributed by atoms with Crippen LogP contribution in [0.25, 0.3) is 0 Å². The summed E-state index contributed by atoms with van der Waals surface area (Å²) in [5.74, 6) is 0. The molecule has 0 aliphatic rings. The molecule has 0 aliphatic carbocycles. The number of hydrogen-bond acceptors (Lipinski definition) is 0. The molecule has 0 heterocycles. The molecule has 0 aromatic heterocycles. The fourth-order valence-corrected chi connectivity index (χ4v) is 1.67. The van der Waals surface area contributed by atoms with Gasteiger partial charge < -0.3 is 0 Å². The van der Waals surface area contributed by atoms with Crippen LogP contribution in [0.1, 0.15) is 86.5 Å². The van der Waals surface area contributed by atoms with Crippen molar-refractivity contribution < 1.29 is 0 Å².